The minimum absolute atomic E-state index is 0.0186. The fraction of sp³-hybridized carbons (Fsp3) is 0.333. The molecule has 1 amide bonds. The molecule has 3 aromatic rings. The van der Waals surface area contributed by atoms with Crippen LogP contribution in [0.2, 0.25) is 0 Å². The molecule has 0 aliphatic carbocycles. The van der Waals surface area contributed by atoms with E-state index in [0.717, 1.165) is 0 Å². The van der Waals surface area contributed by atoms with Crippen molar-refractivity contribution in [3.63, 3.8) is 0 Å². The van der Waals surface area contributed by atoms with Crippen LogP contribution in [-0.4, -0.2) is 51.4 Å². The summed E-state index contributed by atoms with van der Waals surface area (Å²) in [7, 11) is 1.39. The molecule has 4 rings (SSSR count). The fourth-order valence-corrected chi connectivity index (χ4v) is 3.30. The van der Waals surface area contributed by atoms with Gasteiger partial charge in [0.15, 0.2) is 0 Å². The van der Waals surface area contributed by atoms with Gasteiger partial charge in [0.25, 0.3) is 0 Å². The van der Waals surface area contributed by atoms with E-state index in [-0.39, 0.29) is 28.7 Å². The number of carbonyl (C=O) groups is 1. The molecule has 1 fully saturated rings. The molecule has 0 saturated carbocycles. The molecule has 1 atom stereocenters. The van der Waals surface area contributed by atoms with E-state index in [0.29, 0.717) is 24.2 Å². The molecule has 1 aliphatic rings. The van der Waals surface area contributed by atoms with Crippen molar-refractivity contribution in [1.82, 2.24) is 24.9 Å². The molecule has 8 nitrogen and oxygen atoms in total. The molecule has 29 heavy (non-hydrogen) atoms. The van der Waals surface area contributed by atoms with Crippen LogP contribution in [0.15, 0.2) is 30.7 Å². The molecule has 1 saturated heterocycles. The van der Waals surface area contributed by atoms with Crippen LogP contribution in [0.1, 0.15) is 12.0 Å². The number of aromatic nitrogens is 4. The molecule has 0 radical (unpaired) electrons. The molecule has 1 aromatic carbocycles. The smallest absolute Gasteiger partial charge is 0.393 e. The van der Waals surface area contributed by atoms with E-state index in [1.165, 1.54) is 31.8 Å². The number of amides is 1. The van der Waals surface area contributed by atoms with E-state index in [4.69, 9.17) is 4.74 Å². The van der Waals surface area contributed by atoms with Gasteiger partial charge in [-0.1, -0.05) is 0 Å². The number of hydrogen-bond acceptors (Lipinski definition) is 6. The number of fused-ring (bicyclic) bond motifs is 1. The number of ether oxygens (including phenoxy) is 1. The van der Waals surface area contributed by atoms with Crippen molar-refractivity contribution in [2.45, 2.75) is 25.1 Å². The average Bonchev–Trinajstić information content (AvgIpc) is 3.31. The van der Waals surface area contributed by atoms with Gasteiger partial charge in [-0.2, -0.15) is 13.2 Å². The third-order valence-electron chi connectivity index (χ3n) is 4.66. The van der Waals surface area contributed by atoms with Crippen LogP contribution in [0, 0.1) is 0 Å². The molecule has 2 aromatic heterocycles. The Morgan fingerprint density at radius 1 is 1.34 bits per heavy atom. The molecular weight excluding hydrogens is 389 g/mol. The van der Waals surface area contributed by atoms with Crippen LogP contribution in [0.5, 0.6) is 5.75 Å². The molecule has 2 N–H and O–H groups in total. The first-order chi connectivity index (χ1) is 13.9. The maximum absolute atomic E-state index is 13.1. The molecule has 11 heteroatoms. The maximum atomic E-state index is 13.1. The van der Waals surface area contributed by atoms with Crippen molar-refractivity contribution in [2.75, 3.05) is 19.0 Å². The first-order valence-electron chi connectivity index (χ1n) is 8.83. The van der Waals surface area contributed by atoms with E-state index >= 15 is 0 Å². The summed E-state index contributed by atoms with van der Waals surface area (Å²) in [5, 5.41) is 14.0. The van der Waals surface area contributed by atoms with E-state index < -0.39 is 18.6 Å². The van der Waals surface area contributed by atoms with Crippen LogP contribution in [0.3, 0.4) is 0 Å². The van der Waals surface area contributed by atoms with Gasteiger partial charge in [0.05, 0.1) is 25.2 Å². The van der Waals surface area contributed by atoms with Gasteiger partial charge in [-0.15, -0.1) is 10.2 Å². The molecule has 152 valence electrons. The summed E-state index contributed by atoms with van der Waals surface area (Å²) >= 11 is 0. The Morgan fingerprint density at radius 3 is 2.86 bits per heavy atom. The lowest BCUT2D eigenvalue weighted by Gasteiger charge is -2.15. The lowest BCUT2D eigenvalue weighted by molar-refractivity contribution is -0.127. The lowest BCUT2D eigenvalue weighted by atomic mass is 10.0. The lowest BCUT2D eigenvalue weighted by Crippen LogP contribution is -2.30. The number of halogens is 3. The summed E-state index contributed by atoms with van der Waals surface area (Å²) in [5.41, 5.74) is 1.02. The topological polar surface area (TPSA) is 93.4 Å². The van der Waals surface area contributed by atoms with Gasteiger partial charge in [-0.3, -0.25) is 9.20 Å². The summed E-state index contributed by atoms with van der Waals surface area (Å²) in [6, 6.07) is 3.97. The Hall–Kier alpha value is -3.37. The SMILES string of the molecule is COc1ccc(-c2nnc(NC3CCNC3=O)n3cncc23)c(CC(F)(F)F)c1. The minimum Gasteiger partial charge on any atom is -0.497 e. The zero-order chi connectivity index (χ0) is 20.6. The second-order valence-electron chi connectivity index (χ2n) is 6.61. The number of nitrogens with one attached hydrogen (secondary N) is 2. The maximum Gasteiger partial charge on any atom is 0.393 e. The van der Waals surface area contributed by atoms with Gasteiger partial charge in [0, 0.05) is 12.1 Å². The van der Waals surface area contributed by atoms with Crippen LogP contribution in [0.25, 0.3) is 16.8 Å². The monoisotopic (exact) mass is 406 g/mol. The van der Waals surface area contributed by atoms with Gasteiger partial charge in [0.1, 0.15) is 23.8 Å². The first-order valence-corrected chi connectivity index (χ1v) is 8.83. The minimum atomic E-state index is -4.40. The highest BCUT2D eigenvalue weighted by Crippen LogP contribution is 2.33. The van der Waals surface area contributed by atoms with E-state index in [1.807, 2.05) is 0 Å². The summed E-state index contributed by atoms with van der Waals surface area (Å²) < 4.78 is 46.0. The Bertz CT molecular complexity index is 1070. The van der Waals surface area contributed by atoms with Gasteiger partial charge < -0.3 is 15.4 Å². The van der Waals surface area contributed by atoms with Crippen LogP contribution in [0.4, 0.5) is 19.1 Å². The number of rotatable bonds is 5. The van der Waals surface area contributed by atoms with Crippen molar-refractivity contribution in [3.8, 4) is 17.0 Å². The number of benzene rings is 1. The quantitative estimate of drug-likeness (QED) is 0.675. The molecule has 1 unspecified atom stereocenters. The number of hydrogen-bond donors (Lipinski definition) is 2. The molecular formula is C18H17F3N6O2. The molecule has 1 aliphatic heterocycles. The van der Waals surface area contributed by atoms with E-state index in [1.54, 1.807) is 10.5 Å². The summed E-state index contributed by atoms with van der Waals surface area (Å²) in [4.78, 5) is 15.9. The standard InChI is InChI=1S/C18H17F3N6O2/c1-29-11-2-3-12(10(6-11)7-18(19,20)21)15-14-8-22-9-27(14)17(26-25-15)24-13-4-5-23-16(13)28/h2-3,6,8-9,13H,4-5,7H2,1H3,(H,23,28)(H,24,26). The van der Waals surface area contributed by atoms with Crippen molar-refractivity contribution in [1.29, 1.82) is 0 Å². The number of anilines is 1. The summed E-state index contributed by atoms with van der Waals surface area (Å²) in [6.07, 6.45) is -1.99. The van der Waals surface area contributed by atoms with Crippen molar-refractivity contribution in [2.24, 2.45) is 0 Å². The number of imidazole rings is 1. The summed E-state index contributed by atoms with van der Waals surface area (Å²) in [5.74, 6) is 0.456. The molecule has 3 heterocycles. The third-order valence-corrected chi connectivity index (χ3v) is 4.66. The van der Waals surface area contributed by atoms with Gasteiger partial charge in [-0.25, -0.2) is 4.98 Å². The zero-order valence-electron chi connectivity index (χ0n) is 15.3. The van der Waals surface area contributed by atoms with Crippen molar-refractivity contribution >= 4 is 17.4 Å². The normalized spacial score (nSPS) is 16.8. The zero-order valence-corrected chi connectivity index (χ0v) is 15.3. The van der Waals surface area contributed by atoms with E-state index in [9.17, 15) is 18.0 Å². The highest BCUT2D eigenvalue weighted by atomic mass is 19.4. The number of alkyl halides is 3. The fourth-order valence-electron chi connectivity index (χ4n) is 3.30. The number of carbonyl (C=O) groups excluding carboxylic acids is 1. The number of nitrogens with zero attached hydrogens (tertiary/aromatic N) is 4. The van der Waals surface area contributed by atoms with Crippen LogP contribution >= 0.6 is 0 Å². The molecule has 0 bridgehead atoms. The van der Waals surface area contributed by atoms with Crippen molar-refractivity contribution < 1.29 is 22.7 Å². The number of methoxy groups -OCH3 is 1. The Kier molecular flexibility index (Phi) is 4.73. The third kappa shape index (κ3) is 3.80. The molecule has 0 spiro atoms. The predicted molar refractivity (Wildman–Crippen MR) is 97.6 cm³/mol. The summed E-state index contributed by atoms with van der Waals surface area (Å²) in [6.45, 7) is 0.557. The Balaban J connectivity index is 1.78. The Morgan fingerprint density at radius 2 is 2.17 bits per heavy atom. The average molecular weight is 406 g/mol. The second-order valence-corrected chi connectivity index (χ2v) is 6.61. The first kappa shape index (κ1) is 19.0. The largest absolute Gasteiger partial charge is 0.497 e. The van der Waals surface area contributed by atoms with Crippen LogP contribution in [-0.2, 0) is 11.2 Å². The highest BCUT2D eigenvalue weighted by Gasteiger charge is 2.30. The second kappa shape index (κ2) is 7.22. The van der Waals surface area contributed by atoms with Crippen LogP contribution < -0.4 is 15.4 Å². The predicted octanol–water partition coefficient (Wildman–Crippen LogP) is 2.21. The van der Waals surface area contributed by atoms with E-state index in [2.05, 4.69) is 25.8 Å². The highest BCUT2D eigenvalue weighted by molar-refractivity contribution is 5.86. The van der Waals surface area contributed by atoms with Crippen molar-refractivity contribution in [3.05, 3.63) is 36.3 Å². The van der Waals surface area contributed by atoms with Gasteiger partial charge >= 0.3 is 6.18 Å². The van der Waals surface area contributed by atoms with Gasteiger partial charge in [-0.05, 0) is 30.2 Å². The Labute approximate surface area is 163 Å². The van der Waals surface area contributed by atoms with Gasteiger partial charge in [0.2, 0.25) is 11.9 Å².